The first-order valence-electron chi connectivity index (χ1n) is 4.41. The predicted octanol–water partition coefficient (Wildman–Crippen LogP) is 3.19. The first kappa shape index (κ1) is 12.5. The van der Waals surface area contributed by atoms with Crippen molar-refractivity contribution in [1.82, 2.24) is 0 Å². The molecular formula is C11H11BrO2S. The molecule has 0 aliphatic carbocycles. The van der Waals surface area contributed by atoms with Crippen molar-refractivity contribution in [3.05, 3.63) is 29.3 Å². The van der Waals surface area contributed by atoms with E-state index in [4.69, 9.17) is 0 Å². The van der Waals surface area contributed by atoms with Crippen LogP contribution in [0, 0.1) is 0 Å². The van der Waals surface area contributed by atoms with Gasteiger partial charge in [-0.25, -0.2) is 0 Å². The Kier molecular flexibility index (Phi) is 4.54. The number of carbonyl (C=O) groups is 2. The molecule has 0 amide bonds. The highest BCUT2D eigenvalue weighted by molar-refractivity contribution is 9.10. The summed E-state index contributed by atoms with van der Waals surface area (Å²) in [5.41, 5.74) is 0.935. The van der Waals surface area contributed by atoms with Crippen LogP contribution >= 0.6 is 27.7 Å². The second-order valence-corrected chi connectivity index (χ2v) is 5.30. The van der Waals surface area contributed by atoms with Crippen LogP contribution in [-0.4, -0.2) is 23.2 Å². The lowest BCUT2D eigenvalue weighted by atomic mass is 10.0. The molecule has 0 fully saturated rings. The van der Waals surface area contributed by atoms with Crippen molar-refractivity contribution < 1.29 is 9.59 Å². The second kappa shape index (κ2) is 5.47. The summed E-state index contributed by atoms with van der Waals surface area (Å²) in [5.74, 6) is -0.0620. The van der Waals surface area contributed by atoms with Gasteiger partial charge in [-0.2, -0.15) is 0 Å². The van der Waals surface area contributed by atoms with Crippen LogP contribution in [0.1, 0.15) is 27.6 Å². The van der Waals surface area contributed by atoms with Gasteiger partial charge in [-0.1, -0.05) is 15.9 Å². The lowest BCUT2D eigenvalue weighted by Crippen LogP contribution is -2.12. The van der Waals surface area contributed by atoms with Gasteiger partial charge < -0.3 is 0 Å². The van der Waals surface area contributed by atoms with Crippen LogP contribution in [0.5, 0.6) is 0 Å². The summed E-state index contributed by atoms with van der Waals surface area (Å²) in [5, 5.41) is 0. The zero-order valence-corrected chi connectivity index (χ0v) is 10.9. The summed E-state index contributed by atoms with van der Waals surface area (Å²) in [6, 6.07) is 5.28. The van der Waals surface area contributed by atoms with Crippen LogP contribution in [0.2, 0.25) is 0 Å². The first-order valence-corrected chi connectivity index (χ1v) is 6.55. The highest BCUT2D eigenvalue weighted by atomic mass is 79.9. The van der Waals surface area contributed by atoms with E-state index < -0.39 is 0 Å². The van der Waals surface area contributed by atoms with Gasteiger partial charge in [0.25, 0.3) is 0 Å². The minimum absolute atomic E-state index is 0.0620. The molecule has 2 nitrogen and oxygen atoms in total. The number of aldehydes is 1. The molecule has 0 radical (unpaired) electrons. The Morgan fingerprint density at radius 2 is 2.20 bits per heavy atom. The molecule has 1 rings (SSSR count). The number of hydrogen-bond acceptors (Lipinski definition) is 3. The summed E-state index contributed by atoms with van der Waals surface area (Å²) in [4.78, 5) is 23.3. The Labute approximate surface area is 102 Å². The largest absolute Gasteiger partial charge is 0.298 e. The van der Waals surface area contributed by atoms with Gasteiger partial charge in [-0.05, 0) is 31.4 Å². The first-order chi connectivity index (χ1) is 7.10. The fourth-order valence-electron chi connectivity index (χ4n) is 1.19. The topological polar surface area (TPSA) is 34.1 Å². The summed E-state index contributed by atoms with van der Waals surface area (Å²) >= 11 is 4.76. The van der Waals surface area contributed by atoms with Gasteiger partial charge in [0.15, 0.2) is 12.1 Å². The highest BCUT2D eigenvalue weighted by Crippen LogP contribution is 2.21. The molecule has 0 bridgehead atoms. The number of benzene rings is 1. The Hall–Kier alpha value is -0.610. The van der Waals surface area contributed by atoms with Gasteiger partial charge in [0.05, 0.1) is 4.83 Å². The average molecular weight is 287 g/mol. The van der Waals surface area contributed by atoms with Crippen LogP contribution < -0.4 is 0 Å². The molecule has 80 valence electrons. The molecule has 0 saturated heterocycles. The van der Waals surface area contributed by atoms with Gasteiger partial charge in [-0.15, -0.1) is 11.8 Å². The van der Waals surface area contributed by atoms with Crippen molar-refractivity contribution in [2.24, 2.45) is 0 Å². The maximum Gasteiger partial charge on any atom is 0.176 e. The van der Waals surface area contributed by atoms with Crippen LogP contribution in [-0.2, 0) is 0 Å². The highest BCUT2D eigenvalue weighted by Gasteiger charge is 2.16. The fourth-order valence-corrected chi connectivity index (χ4v) is 1.88. The van der Waals surface area contributed by atoms with E-state index in [1.807, 2.05) is 12.3 Å². The van der Waals surface area contributed by atoms with E-state index in [-0.39, 0.29) is 10.6 Å². The van der Waals surface area contributed by atoms with Gasteiger partial charge >= 0.3 is 0 Å². The number of carbonyl (C=O) groups excluding carboxylic acids is 2. The van der Waals surface area contributed by atoms with E-state index in [0.717, 1.165) is 4.90 Å². The standard InChI is InChI=1S/C11H11BrO2S/c1-7(12)11(14)10-5-9(15-2)4-3-8(10)6-13/h3-7H,1-2H3. The molecule has 4 heteroatoms. The normalized spacial score (nSPS) is 12.2. The van der Waals surface area contributed by atoms with Gasteiger partial charge in [0.1, 0.15) is 0 Å². The third kappa shape index (κ3) is 2.92. The van der Waals surface area contributed by atoms with Crippen molar-refractivity contribution in [1.29, 1.82) is 0 Å². The van der Waals surface area contributed by atoms with Crippen molar-refractivity contribution in [2.45, 2.75) is 16.6 Å². The van der Waals surface area contributed by atoms with Crippen LogP contribution in [0.4, 0.5) is 0 Å². The van der Waals surface area contributed by atoms with Crippen molar-refractivity contribution >= 4 is 39.8 Å². The van der Waals surface area contributed by atoms with E-state index in [2.05, 4.69) is 15.9 Å². The number of ketones is 1. The Balaban J connectivity index is 3.23. The Morgan fingerprint density at radius 3 is 2.67 bits per heavy atom. The SMILES string of the molecule is CSc1ccc(C=O)c(C(=O)C(C)Br)c1. The summed E-state index contributed by atoms with van der Waals surface area (Å²) in [6.45, 7) is 1.75. The Morgan fingerprint density at radius 1 is 1.53 bits per heavy atom. The quantitative estimate of drug-likeness (QED) is 0.369. The number of Topliss-reactive ketones (excluding diaryl/α,β-unsaturated/α-hetero) is 1. The molecule has 0 saturated carbocycles. The third-order valence-corrected chi connectivity index (χ3v) is 3.16. The van der Waals surface area contributed by atoms with E-state index in [9.17, 15) is 9.59 Å². The Bertz CT molecular complexity index is 388. The minimum atomic E-state index is -0.270. The minimum Gasteiger partial charge on any atom is -0.298 e. The maximum atomic E-state index is 11.8. The van der Waals surface area contributed by atoms with E-state index in [0.29, 0.717) is 17.4 Å². The smallest absolute Gasteiger partial charge is 0.176 e. The molecule has 0 heterocycles. The maximum absolute atomic E-state index is 11.8. The molecule has 0 aliphatic heterocycles. The van der Waals surface area contributed by atoms with E-state index in [1.165, 1.54) is 0 Å². The molecule has 15 heavy (non-hydrogen) atoms. The number of rotatable bonds is 4. The third-order valence-electron chi connectivity index (χ3n) is 2.01. The lowest BCUT2D eigenvalue weighted by molar-refractivity contribution is 0.0988. The molecular weight excluding hydrogens is 276 g/mol. The summed E-state index contributed by atoms with van der Waals surface area (Å²) in [6.07, 6.45) is 2.65. The molecule has 0 aromatic heterocycles. The number of halogens is 1. The van der Waals surface area contributed by atoms with Crippen LogP contribution in [0.15, 0.2) is 23.1 Å². The van der Waals surface area contributed by atoms with Crippen molar-refractivity contribution in [2.75, 3.05) is 6.26 Å². The van der Waals surface area contributed by atoms with Gasteiger partial charge in [0.2, 0.25) is 0 Å². The number of hydrogen-bond donors (Lipinski definition) is 0. The molecule has 1 atom stereocenters. The monoisotopic (exact) mass is 286 g/mol. The van der Waals surface area contributed by atoms with Crippen molar-refractivity contribution in [3.8, 4) is 0 Å². The molecule has 1 aromatic carbocycles. The molecule has 1 aromatic rings. The second-order valence-electron chi connectivity index (χ2n) is 3.05. The molecule has 0 aliphatic rings. The molecule has 0 N–H and O–H groups in total. The van der Waals surface area contributed by atoms with Gasteiger partial charge in [-0.3, -0.25) is 9.59 Å². The predicted molar refractivity (Wildman–Crippen MR) is 66.3 cm³/mol. The average Bonchev–Trinajstić information content (AvgIpc) is 2.27. The van der Waals surface area contributed by atoms with Gasteiger partial charge in [0, 0.05) is 16.0 Å². The zero-order chi connectivity index (χ0) is 11.4. The van der Waals surface area contributed by atoms with Crippen molar-refractivity contribution in [3.63, 3.8) is 0 Å². The molecule has 0 spiro atoms. The van der Waals surface area contributed by atoms with E-state index >= 15 is 0 Å². The fraction of sp³-hybridized carbons (Fsp3) is 0.273. The lowest BCUT2D eigenvalue weighted by Gasteiger charge is -2.07. The summed E-state index contributed by atoms with van der Waals surface area (Å²) < 4.78 is 0. The van der Waals surface area contributed by atoms with Crippen LogP contribution in [0.3, 0.4) is 0 Å². The number of thioether (sulfide) groups is 1. The summed E-state index contributed by atoms with van der Waals surface area (Å²) in [7, 11) is 0. The zero-order valence-electron chi connectivity index (χ0n) is 8.49. The number of alkyl halides is 1. The van der Waals surface area contributed by atoms with E-state index in [1.54, 1.807) is 30.8 Å². The molecule has 1 unspecified atom stereocenters. The van der Waals surface area contributed by atoms with Crippen LogP contribution in [0.25, 0.3) is 0 Å².